The van der Waals surface area contributed by atoms with Crippen LogP contribution in [-0.4, -0.2) is 34.5 Å². The molecule has 2 aliphatic rings. The van der Waals surface area contributed by atoms with Gasteiger partial charge in [0.2, 0.25) is 0 Å². The van der Waals surface area contributed by atoms with Crippen molar-refractivity contribution in [1.29, 1.82) is 0 Å². The number of rotatable bonds is 2. The van der Waals surface area contributed by atoms with Gasteiger partial charge in [0.25, 0.3) is 0 Å². The number of hydrogen-bond donors (Lipinski definition) is 2. The van der Waals surface area contributed by atoms with E-state index < -0.39 is 11.7 Å². The van der Waals surface area contributed by atoms with Crippen LogP contribution in [0.1, 0.15) is 39.5 Å². The van der Waals surface area contributed by atoms with Crippen LogP contribution in [0.2, 0.25) is 0 Å². The predicted molar refractivity (Wildman–Crippen MR) is 94.2 cm³/mol. The van der Waals surface area contributed by atoms with E-state index in [1.165, 1.54) is 0 Å². The van der Waals surface area contributed by atoms with E-state index in [-0.39, 0.29) is 17.8 Å². The summed E-state index contributed by atoms with van der Waals surface area (Å²) < 4.78 is 5.35. The summed E-state index contributed by atoms with van der Waals surface area (Å²) in [5, 5.41) is 19.9. The summed E-state index contributed by atoms with van der Waals surface area (Å²) in [6, 6.07) is 0. The Balaban J connectivity index is 2.30. The van der Waals surface area contributed by atoms with Crippen molar-refractivity contribution in [3.8, 4) is 0 Å². The Bertz CT molecular complexity index is 577. The van der Waals surface area contributed by atoms with Gasteiger partial charge in [-0.15, -0.1) is 0 Å². The summed E-state index contributed by atoms with van der Waals surface area (Å²) in [5.41, 5.74) is 1.50. The first-order chi connectivity index (χ1) is 11.2. The summed E-state index contributed by atoms with van der Waals surface area (Å²) in [4.78, 5) is 12.3. The van der Waals surface area contributed by atoms with Crippen molar-refractivity contribution in [3.63, 3.8) is 0 Å². The molecule has 24 heavy (non-hydrogen) atoms. The highest BCUT2D eigenvalue weighted by molar-refractivity contribution is 5.90. The molecule has 1 aliphatic heterocycles. The second-order valence-corrected chi connectivity index (χ2v) is 7.36. The molecule has 4 heteroatoms. The fourth-order valence-electron chi connectivity index (χ4n) is 3.29. The minimum Gasteiger partial charge on any atom is -0.462 e. The lowest BCUT2D eigenvalue weighted by Gasteiger charge is -2.33. The first-order valence-electron chi connectivity index (χ1n) is 8.51. The molecule has 1 saturated heterocycles. The summed E-state index contributed by atoms with van der Waals surface area (Å²) in [6.07, 6.45) is 7.30. The lowest BCUT2D eigenvalue weighted by Crippen LogP contribution is -2.34. The molecule has 2 rings (SSSR count). The number of ether oxygens (including phenoxy) is 1. The zero-order chi connectivity index (χ0) is 17.9. The third-order valence-electron chi connectivity index (χ3n) is 4.81. The van der Waals surface area contributed by atoms with E-state index in [0.29, 0.717) is 31.4 Å². The Morgan fingerprint density at radius 1 is 1.17 bits per heavy atom. The van der Waals surface area contributed by atoms with E-state index in [1.54, 1.807) is 32.1 Å². The molecule has 3 atom stereocenters. The van der Waals surface area contributed by atoms with Gasteiger partial charge in [0.1, 0.15) is 0 Å². The van der Waals surface area contributed by atoms with E-state index in [1.807, 2.05) is 0 Å². The molecule has 0 amide bonds. The van der Waals surface area contributed by atoms with Crippen molar-refractivity contribution in [3.05, 3.63) is 48.1 Å². The van der Waals surface area contributed by atoms with Gasteiger partial charge in [0.05, 0.1) is 18.3 Å². The fourth-order valence-corrected chi connectivity index (χ4v) is 3.29. The lowest BCUT2D eigenvalue weighted by molar-refractivity contribution is -0.144. The molecule has 0 unspecified atom stereocenters. The van der Waals surface area contributed by atoms with Crippen LogP contribution in [0.15, 0.2) is 48.1 Å². The molecule has 2 fully saturated rings. The van der Waals surface area contributed by atoms with E-state index >= 15 is 0 Å². The molecule has 4 nitrogen and oxygen atoms in total. The van der Waals surface area contributed by atoms with Crippen LogP contribution in [0.5, 0.6) is 0 Å². The van der Waals surface area contributed by atoms with Crippen molar-refractivity contribution >= 4 is 5.97 Å². The van der Waals surface area contributed by atoms with E-state index in [4.69, 9.17) is 4.74 Å². The summed E-state index contributed by atoms with van der Waals surface area (Å²) >= 11 is 0. The SMILES string of the molecule is C=C1CC[C@@H]2/C(=C/C=C/C(C)(C)O)C(=O)OC[C@H]2C(=C)CC[C@@H]1O. The minimum atomic E-state index is -0.935. The second-order valence-electron chi connectivity index (χ2n) is 7.36. The first-order valence-corrected chi connectivity index (χ1v) is 8.51. The fraction of sp³-hybridized carbons (Fsp3) is 0.550. The van der Waals surface area contributed by atoms with Crippen LogP contribution in [0, 0.1) is 11.8 Å². The van der Waals surface area contributed by atoms with Crippen molar-refractivity contribution in [2.75, 3.05) is 6.61 Å². The van der Waals surface area contributed by atoms with Gasteiger partial charge in [-0.05, 0) is 45.1 Å². The van der Waals surface area contributed by atoms with Crippen molar-refractivity contribution < 1.29 is 19.7 Å². The van der Waals surface area contributed by atoms with Crippen molar-refractivity contribution in [1.82, 2.24) is 0 Å². The van der Waals surface area contributed by atoms with Gasteiger partial charge < -0.3 is 14.9 Å². The summed E-state index contributed by atoms with van der Waals surface area (Å²) in [5.74, 6) is -0.232. The number of hydrogen-bond acceptors (Lipinski definition) is 4. The Morgan fingerprint density at radius 3 is 2.50 bits per heavy atom. The number of aliphatic hydroxyl groups excluding tert-OH is 1. The molecule has 1 heterocycles. The number of aliphatic hydroxyl groups is 2. The maximum Gasteiger partial charge on any atom is 0.334 e. The number of allylic oxidation sites excluding steroid dienone is 2. The monoisotopic (exact) mass is 332 g/mol. The van der Waals surface area contributed by atoms with Crippen LogP contribution >= 0.6 is 0 Å². The largest absolute Gasteiger partial charge is 0.462 e. The Kier molecular flexibility index (Phi) is 5.83. The van der Waals surface area contributed by atoms with Gasteiger partial charge in [0.15, 0.2) is 0 Å². The maximum absolute atomic E-state index is 12.3. The molecule has 0 aromatic rings. The maximum atomic E-state index is 12.3. The first kappa shape index (κ1) is 18.7. The van der Waals surface area contributed by atoms with Gasteiger partial charge in [0, 0.05) is 17.4 Å². The zero-order valence-corrected chi connectivity index (χ0v) is 14.6. The van der Waals surface area contributed by atoms with Crippen LogP contribution in [-0.2, 0) is 9.53 Å². The van der Waals surface area contributed by atoms with Crippen molar-refractivity contribution in [2.24, 2.45) is 11.8 Å². The van der Waals surface area contributed by atoms with E-state index in [2.05, 4.69) is 13.2 Å². The Hall–Kier alpha value is -1.65. The van der Waals surface area contributed by atoms with Crippen LogP contribution in [0.4, 0.5) is 0 Å². The normalized spacial score (nSPS) is 31.4. The van der Waals surface area contributed by atoms with E-state index in [9.17, 15) is 15.0 Å². The highest BCUT2D eigenvalue weighted by Crippen LogP contribution is 2.39. The number of esters is 1. The van der Waals surface area contributed by atoms with Crippen LogP contribution < -0.4 is 0 Å². The third kappa shape index (κ3) is 4.68. The predicted octanol–water partition coefficient (Wildman–Crippen LogP) is 3.08. The quantitative estimate of drug-likeness (QED) is 0.463. The highest BCUT2D eigenvalue weighted by atomic mass is 16.5. The van der Waals surface area contributed by atoms with Gasteiger partial charge >= 0.3 is 5.97 Å². The Labute approximate surface area is 144 Å². The average Bonchev–Trinajstić information content (AvgIpc) is 2.54. The van der Waals surface area contributed by atoms with E-state index in [0.717, 1.165) is 17.6 Å². The summed E-state index contributed by atoms with van der Waals surface area (Å²) in [7, 11) is 0. The van der Waals surface area contributed by atoms with Gasteiger partial charge in [-0.1, -0.05) is 37.0 Å². The van der Waals surface area contributed by atoms with Crippen LogP contribution in [0.3, 0.4) is 0 Å². The highest BCUT2D eigenvalue weighted by Gasteiger charge is 2.37. The molecule has 132 valence electrons. The number of carbonyl (C=O) groups excluding carboxylic acids is 1. The number of fused-ring (bicyclic) bond motifs is 1. The molecule has 1 saturated carbocycles. The molecule has 2 N–H and O–H groups in total. The number of cyclic esters (lactones) is 1. The molecular weight excluding hydrogens is 304 g/mol. The molecule has 0 spiro atoms. The minimum absolute atomic E-state index is 0.00672. The molecular formula is C20H28O4. The summed E-state index contributed by atoms with van der Waals surface area (Å²) in [6.45, 7) is 11.8. The zero-order valence-electron chi connectivity index (χ0n) is 14.6. The standard InChI is InChI=1S/C20H28O4/c1-13-8-10-18(21)14(2)7-9-15-16(6-5-11-20(3,4)23)19(22)24-12-17(13)15/h5-6,11,15,17-18,21,23H,1-2,7-10,12H2,3-4H3/b11-5+,16-6-/t15-,17+,18+/m1/s1. The molecule has 1 aliphatic carbocycles. The molecule has 0 radical (unpaired) electrons. The van der Waals surface area contributed by atoms with Gasteiger partial charge in [-0.3, -0.25) is 0 Å². The third-order valence-corrected chi connectivity index (χ3v) is 4.81. The second kappa shape index (κ2) is 7.49. The molecule has 0 bridgehead atoms. The van der Waals surface area contributed by atoms with Crippen molar-refractivity contribution in [2.45, 2.75) is 51.2 Å². The lowest BCUT2D eigenvalue weighted by atomic mass is 9.76. The number of carbonyl (C=O) groups is 1. The molecule has 0 aromatic heterocycles. The molecule has 0 aromatic carbocycles. The smallest absolute Gasteiger partial charge is 0.334 e. The van der Waals surface area contributed by atoms with Gasteiger partial charge in [-0.2, -0.15) is 0 Å². The average molecular weight is 332 g/mol. The van der Waals surface area contributed by atoms with Crippen LogP contribution in [0.25, 0.3) is 0 Å². The topological polar surface area (TPSA) is 66.8 Å². The Morgan fingerprint density at radius 2 is 1.83 bits per heavy atom. The van der Waals surface area contributed by atoms with Gasteiger partial charge in [-0.25, -0.2) is 4.79 Å².